The number of ether oxygens (including phenoxy) is 1. The maximum Gasteiger partial charge on any atom is 0.341 e. The van der Waals surface area contributed by atoms with Crippen molar-refractivity contribution in [3.05, 3.63) is 46.7 Å². The van der Waals surface area contributed by atoms with Crippen LogP contribution in [0.1, 0.15) is 31.4 Å². The van der Waals surface area contributed by atoms with Gasteiger partial charge in [0.1, 0.15) is 6.04 Å². The van der Waals surface area contributed by atoms with Gasteiger partial charge in [-0.2, -0.15) is 0 Å². The second-order valence-corrected chi connectivity index (χ2v) is 6.53. The molecule has 1 aromatic rings. The van der Waals surface area contributed by atoms with E-state index in [4.69, 9.17) is 4.74 Å². The molecule has 0 spiro atoms. The molecule has 3 amide bonds. The molecule has 0 aliphatic carbocycles. The fourth-order valence-electron chi connectivity index (χ4n) is 2.65. The van der Waals surface area contributed by atoms with Gasteiger partial charge in [0.25, 0.3) is 0 Å². The van der Waals surface area contributed by atoms with E-state index >= 15 is 0 Å². The van der Waals surface area contributed by atoms with Crippen molar-refractivity contribution in [1.29, 1.82) is 0 Å². The van der Waals surface area contributed by atoms with Gasteiger partial charge in [-0.3, -0.25) is 10.2 Å². The van der Waals surface area contributed by atoms with Crippen molar-refractivity contribution >= 4 is 33.8 Å². The van der Waals surface area contributed by atoms with Crippen molar-refractivity contribution in [2.45, 2.75) is 25.8 Å². The highest BCUT2D eigenvalue weighted by Gasteiger charge is 2.39. The Hall–Kier alpha value is -2.49. The molecule has 0 bridgehead atoms. The highest BCUT2D eigenvalue weighted by Crippen LogP contribution is 2.33. The van der Waals surface area contributed by atoms with Gasteiger partial charge in [-0.1, -0.05) is 22.0 Å². The minimum absolute atomic E-state index is 0.0103. The molecule has 0 saturated heterocycles. The van der Waals surface area contributed by atoms with Crippen LogP contribution >= 0.6 is 15.9 Å². The lowest BCUT2D eigenvalue weighted by molar-refractivity contribution is -0.138. The van der Waals surface area contributed by atoms with E-state index in [2.05, 4.69) is 26.7 Å². The SMILES string of the molecule is COC(=O)C1=C(C)NC(=O)N(NC(=O)CCCBr)C1c1ccc(F)c(F)c1. The molecule has 1 atom stereocenters. The van der Waals surface area contributed by atoms with Crippen LogP contribution in [0, 0.1) is 11.6 Å². The average Bonchev–Trinajstić information content (AvgIpc) is 2.63. The van der Waals surface area contributed by atoms with Gasteiger partial charge in [0, 0.05) is 17.4 Å². The molecule has 1 aliphatic rings. The zero-order chi connectivity index (χ0) is 20.1. The normalized spacial score (nSPS) is 16.9. The summed E-state index contributed by atoms with van der Waals surface area (Å²) in [5.74, 6) is -3.47. The second kappa shape index (κ2) is 8.94. The van der Waals surface area contributed by atoms with E-state index in [-0.39, 0.29) is 23.3 Å². The van der Waals surface area contributed by atoms with E-state index in [1.807, 2.05) is 0 Å². The Morgan fingerprint density at radius 2 is 2.04 bits per heavy atom. The number of amides is 3. The monoisotopic (exact) mass is 445 g/mol. The molecule has 0 saturated carbocycles. The number of hydrogen-bond donors (Lipinski definition) is 2. The fourth-order valence-corrected chi connectivity index (χ4v) is 2.93. The maximum absolute atomic E-state index is 13.8. The van der Waals surface area contributed by atoms with E-state index in [9.17, 15) is 23.2 Å². The van der Waals surface area contributed by atoms with Crippen molar-refractivity contribution in [2.75, 3.05) is 12.4 Å². The number of allylic oxidation sites excluding steroid dienone is 1. The number of urea groups is 1. The van der Waals surface area contributed by atoms with Gasteiger partial charge in [-0.25, -0.2) is 23.4 Å². The number of nitrogens with zero attached hydrogens (tertiary/aromatic N) is 1. The predicted octanol–water partition coefficient (Wildman–Crippen LogP) is 2.68. The lowest BCUT2D eigenvalue weighted by Crippen LogP contribution is -2.56. The number of methoxy groups -OCH3 is 1. The Labute approximate surface area is 162 Å². The molecule has 1 unspecified atom stereocenters. The van der Waals surface area contributed by atoms with Crippen molar-refractivity contribution in [2.24, 2.45) is 0 Å². The van der Waals surface area contributed by atoms with E-state index < -0.39 is 35.6 Å². The largest absolute Gasteiger partial charge is 0.466 e. The summed E-state index contributed by atoms with van der Waals surface area (Å²) in [4.78, 5) is 36.8. The van der Waals surface area contributed by atoms with Crippen LogP contribution < -0.4 is 10.7 Å². The summed E-state index contributed by atoms with van der Waals surface area (Å²) in [6.07, 6.45) is 0.644. The third kappa shape index (κ3) is 4.62. The molecule has 1 heterocycles. The summed E-state index contributed by atoms with van der Waals surface area (Å²) in [6, 6.07) is 1.07. The Morgan fingerprint density at radius 3 is 2.63 bits per heavy atom. The highest BCUT2D eigenvalue weighted by atomic mass is 79.9. The number of alkyl halides is 1. The first kappa shape index (κ1) is 20.8. The van der Waals surface area contributed by atoms with Crippen molar-refractivity contribution < 1.29 is 27.9 Å². The molecule has 7 nitrogen and oxygen atoms in total. The molecule has 2 rings (SSSR count). The summed E-state index contributed by atoms with van der Waals surface area (Å²) >= 11 is 3.21. The molecular formula is C17H18BrF2N3O4. The van der Waals surface area contributed by atoms with Crippen LogP contribution in [0.3, 0.4) is 0 Å². The predicted molar refractivity (Wildman–Crippen MR) is 95.4 cm³/mol. The second-order valence-electron chi connectivity index (χ2n) is 5.73. The van der Waals surface area contributed by atoms with Crippen LogP contribution in [-0.4, -0.2) is 35.4 Å². The van der Waals surface area contributed by atoms with Crippen LogP contribution in [0.25, 0.3) is 0 Å². The lowest BCUT2D eigenvalue weighted by atomic mass is 9.94. The zero-order valence-electron chi connectivity index (χ0n) is 14.6. The molecule has 10 heteroatoms. The van der Waals surface area contributed by atoms with Crippen molar-refractivity contribution in [3.63, 3.8) is 0 Å². The number of benzene rings is 1. The van der Waals surface area contributed by atoms with Gasteiger partial charge in [0.15, 0.2) is 11.6 Å². The maximum atomic E-state index is 13.8. The van der Waals surface area contributed by atoms with E-state index in [1.54, 1.807) is 0 Å². The smallest absolute Gasteiger partial charge is 0.341 e. The molecule has 0 fully saturated rings. The van der Waals surface area contributed by atoms with Gasteiger partial charge >= 0.3 is 12.0 Å². The zero-order valence-corrected chi connectivity index (χ0v) is 16.2. The number of nitrogens with one attached hydrogen (secondary N) is 2. The number of carbonyl (C=O) groups excluding carboxylic acids is 3. The van der Waals surface area contributed by atoms with Crippen LogP contribution in [0.2, 0.25) is 0 Å². The first-order valence-electron chi connectivity index (χ1n) is 7.99. The first-order valence-corrected chi connectivity index (χ1v) is 9.12. The third-order valence-electron chi connectivity index (χ3n) is 3.90. The van der Waals surface area contributed by atoms with Gasteiger partial charge < -0.3 is 10.1 Å². The van der Waals surface area contributed by atoms with Crippen LogP contribution in [-0.2, 0) is 14.3 Å². The number of hydrazine groups is 1. The number of rotatable bonds is 6. The van der Waals surface area contributed by atoms with Crippen LogP contribution in [0.15, 0.2) is 29.5 Å². The Bertz CT molecular complexity index is 800. The van der Waals surface area contributed by atoms with E-state index in [0.29, 0.717) is 11.8 Å². The minimum Gasteiger partial charge on any atom is -0.466 e. The topological polar surface area (TPSA) is 87.7 Å². The number of halogens is 3. The molecule has 0 radical (unpaired) electrons. The van der Waals surface area contributed by atoms with Crippen molar-refractivity contribution in [3.8, 4) is 0 Å². The molecular weight excluding hydrogens is 428 g/mol. The van der Waals surface area contributed by atoms with Crippen molar-refractivity contribution in [1.82, 2.24) is 15.8 Å². The average molecular weight is 446 g/mol. The Balaban J connectivity index is 2.51. The standard InChI is InChI=1S/C17H18BrF2N3O4/c1-9-14(16(25)27-2)15(10-5-6-11(19)12(20)8-10)23(17(26)21-9)22-13(24)4-3-7-18/h5-6,8,15H,3-4,7H2,1-2H3,(H,21,26)(H,22,24). The molecule has 27 heavy (non-hydrogen) atoms. The quantitative estimate of drug-likeness (QED) is 0.520. The Kier molecular flexibility index (Phi) is 6.89. The molecule has 2 N–H and O–H groups in total. The van der Waals surface area contributed by atoms with Gasteiger partial charge in [-0.15, -0.1) is 0 Å². The lowest BCUT2D eigenvalue weighted by Gasteiger charge is -2.37. The summed E-state index contributed by atoms with van der Waals surface area (Å²) in [5.41, 5.74) is 2.70. The summed E-state index contributed by atoms with van der Waals surface area (Å²) in [5, 5.41) is 3.92. The Morgan fingerprint density at radius 1 is 1.33 bits per heavy atom. The molecule has 1 aliphatic heterocycles. The third-order valence-corrected chi connectivity index (χ3v) is 4.46. The summed E-state index contributed by atoms with van der Waals surface area (Å²) < 4.78 is 31.9. The van der Waals surface area contributed by atoms with E-state index in [1.165, 1.54) is 13.0 Å². The number of carbonyl (C=O) groups is 3. The molecule has 146 valence electrons. The van der Waals surface area contributed by atoms with Gasteiger partial charge in [0.2, 0.25) is 5.91 Å². The van der Waals surface area contributed by atoms with E-state index in [0.717, 1.165) is 24.3 Å². The highest BCUT2D eigenvalue weighted by molar-refractivity contribution is 9.09. The fraction of sp³-hybridized carbons (Fsp3) is 0.353. The van der Waals surface area contributed by atoms with Gasteiger partial charge in [-0.05, 0) is 31.0 Å². The van der Waals surface area contributed by atoms with Crippen LogP contribution in [0.5, 0.6) is 0 Å². The van der Waals surface area contributed by atoms with Gasteiger partial charge in [0.05, 0.1) is 12.7 Å². The molecule has 1 aromatic carbocycles. The number of esters is 1. The number of hydrogen-bond acceptors (Lipinski definition) is 4. The summed E-state index contributed by atoms with van der Waals surface area (Å²) in [6.45, 7) is 1.47. The molecule has 0 aromatic heterocycles. The summed E-state index contributed by atoms with van der Waals surface area (Å²) in [7, 11) is 1.15. The first-order chi connectivity index (χ1) is 12.8. The minimum atomic E-state index is -1.19. The van der Waals surface area contributed by atoms with Crippen LogP contribution in [0.4, 0.5) is 13.6 Å².